The number of carbonyl (C=O) groups is 2. The maximum absolute atomic E-state index is 12.4. The number of aryl methyl sites for hydroxylation is 1. The third kappa shape index (κ3) is 4.98. The molecule has 2 N–H and O–H groups in total. The number of nitrogens with one attached hydrogen (secondary N) is 2. The monoisotopic (exact) mass is 331 g/mol. The van der Waals surface area contributed by atoms with E-state index in [-0.39, 0.29) is 18.4 Å². The predicted octanol–water partition coefficient (Wildman–Crippen LogP) is 3.55. The summed E-state index contributed by atoms with van der Waals surface area (Å²) in [6.45, 7) is 4.06. The first-order valence-electron chi connectivity index (χ1n) is 8.91. The van der Waals surface area contributed by atoms with Gasteiger partial charge in [0.1, 0.15) is 0 Å². The van der Waals surface area contributed by atoms with Gasteiger partial charge in [-0.1, -0.05) is 32.3 Å². The smallest absolute Gasteiger partial charge is 0.241 e. The molecule has 1 saturated carbocycles. The third-order valence-corrected chi connectivity index (χ3v) is 4.79. The van der Waals surface area contributed by atoms with Crippen molar-refractivity contribution in [3.63, 3.8) is 0 Å². The molecule has 0 saturated heterocycles. The molecule has 0 spiro atoms. The van der Waals surface area contributed by atoms with Gasteiger partial charge in [-0.3, -0.25) is 9.59 Å². The lowest BCUT2D eigenvalue weighted by Crippen LogP contribution is -2.41. The van der Waals surface area contributed by atoms with Crippen LogP contribution >= 0.6 is 0 Å². The lowest BCUT2D eigenvalue weighted by Gasteiger charge is -2.31. The summed E-state index contributed by atoms with van der Waals surface area (Å²) in [5.41, 5.74) is 2.64. The van der Waals surface area contributed by atoms with E-state index in [1.165, 1.54) is 19.3 Å². The number of hydrogen-bond donors (Lipinski definition) is 2. The first kappa shape index (κ1) is 18.3. The molecular weight excluding hydrogens is 302 g/mol. The summed E-state index contributed by atoms with van der Waals surface area (Å²) in [5.74, 6) is 0.102. The summed E-state index contributed by atoms with van der Waals surface area (Å²) in [6.07, 6.45) is 6.39. The molecule has 132 valence electrons. The van der Waals surface area contributed by atoms with Crippen LogP contribution in [0.5, 0.6) is 0 Å². The second-order valence-electron chi connectivity index (χ2n) is 6.58. The highest BCUT2D eigenvalue weighted by Gasteiger charge is 2.21. The van der Waals surface area contributed by atoms with E-state index in [0.717, 1.165) is 29.8 Å². The molecule has 0 unspecified atom stereocenters. The molecule has 1 aliphatic rings. The fourth-order valence-electron chi connectivity index (χ4n) is 3.08. The zero-order chi connectivity index (χ0) is 17.5. The summed E-state index contributed by atoms with van der Waals surface area (Å²) in [4.78, 5) is 25.9. The Morgan fingerprint density at radius 3 is 2.58 bits per heavy atom. The van der Waals surface area contributed by atoms with E-state index >= 15 is 0 Å². The van der Waals surface area contributed by atoms with Crippen LogP contribution in [0, 0.1) is 6.92 Å². The fourth-order valence-corrected chi connectivity index (χ4v) is 3.08. The van der Waals surface area contributed by atoms with Crippen LogP contribution in [0.1, 0.15) is 51.0 Å². The van der Waals surface area contributed by atoms with Gasteiger partial charge in [-0.05, 0) is 37.5 Å². The molecule has 0 aliphatic heterocycles. The van der Waals surface area contributed by atoms with E-state index in [1.807, 2.05) is 44.0 Å². The molecular formula is C19H29N3O2. The average molecular weight is 331 g/mol. The minimum atomic E-state index is -0.0108. The average Bonchev–Trinajstić information content (AvgIpc) is 2.62. The Morgan fingerprint density at radius 2 is 1.92 bits per heavy atom. The van der Waals surface area contributed by atoms with Crippen LogP contribution in [-0.4, -0.2) is 36.3 Å². The van der Waals surface area contributed by atoms with Crippen LogP contribution in [0.2, 0.25) is 0 Å². The molecule has 0 bridgehead atoms. The number of benzene rings is 1. The molecule has 0 heterocycles. The molecule has 0 atom stereocenters. The Kier molecular flexibility index (Phi) is 6.64. The molecule has 2 amide bonds. The zero-order valence-electron chi connectivity index (χ0n) is 15.0. The molecule has 1 aromatic carbocycles. The van der Waals surface area contributed by atoms with Crippen molar-refractivity contribution in [2.45, 2.75) is 58.4 Å². The van der Waals surface area contributed by atoms with E-state index < -0.39 is 0 Å². The van der Waals surface area contributed by atoms with Crippen molar-refractivity contribution in [2.75, 3.05) is 24.2 Å². The number of amides is 2. The lowest BCUT2D eigenvalue weighted by atomic mass is 9.94. The van der Waals surface area contributed by atoms with E-state index in [1.54, 1.807) is 0 Å². The van der Waals surface area contributed by atoms with Gasteiger partial charge in [-0.2, -0.15) is 0 Å². The van der Waals surface area contributed by atoms with Crippen LogP contribution in [-0.2, 0) is 9.59 Å². The normalized spacial score (nSPS) is 15.0. The minimum Gasteiger partial charge on any atom is -0.376 e. The van der Waals surface area contributed by atoms with Crippen molar-refractivity contribution in [1.29, 1.82) is 0 Å². The van der Waals surface area contributed by atoms with Crippen molar-refractivity contribution in [1.82, 2.24) is 4.90 Å². The van der Waals surface area contributed by atoms with E-state index in [9.17, 15) is 9.59 Å². The highest BCUT2D eigenvalue weighted by atomic mass is 16.2. The summed E-state index contributed by atoms with van der Waals surface area (Å²) < 4.78 is 0. The van der Waals surface area contributed by atoms with Crippen molar-refractivity contribution in [3.8, 4) is 0 Å². The fraction of sp³-hybridized carbons (Fsp3) is 0.579. The zero-order valence-corrected chi connectivity index (χ0v) is 15.0. The van der Waals surface area contributed by atoms with Crippen molar-refractivity contribution in [3.05, 3.63) is 23.8 Å². The second kappa shape index (κ2) is 8.71. The van der Waals surface area contributed by atoms with Crippen molar-refractivity contribution >= 4 is 23.2 Å². The summed E-state index contributed by atoms with van der Waals surface area (Å²) in [7, 11) is 1.90. The first-order chi connectivity index (χ1) is 11.5. The predicted molar refractivity (Wildman–Crippen MR) is 98.2 cm³/mol. The third-order valence-electron chi connectivity index (χ3n) is 4.79. The van der Waals surface area contributed by atoms with E-state index in [0.29, 0.717) is 12.5 Å². The first-order valence-corrected chi connectivity index (χ1v) is 8.91. The number of rotatable bonds is 6. The molecule has 24 heavy (non-hydrogen) atoms. The van der Waals surface area contributed by atoms with E-state index in [2.05, 4.69) is 10.6 Å². The quantitative estimate of drug-likeness (QED) is 0.838. The van der Waals surface area contributed by atoms with Gasteiger partial charge in [0.05, 0.1) is 6.54 Å². The van der Waals surface area contributed by atoms with Gasteiger partial charge in [0.25, 0.3) is 0 Å². The topological polar surface area (TPSA) is 61.4 Å². The van der Waals surface area contributed by atoms with Gasteiger partial charge in [-0.15, -0.1) is 0 Å². The molecule has 5 nitrogen and oxygen atoms in total. The molecule has 1 aliphatic carbocycles. The Balaban J connectivity index is 1.92. The molecule has 1 fully saturated rings. The standard InChI is InChI=1S/C19H29N3O2/c1-4-18(23)21-17-12-15(11-10-14(17)2)20-13-19(24)22(3)16-8-6-5-7-9-16/h10-12,16,20H,4-9,13H2,1-3H3,(H,21,23). The van der Waals surface area contributed by atoms with Gasteiger partial charge in [-0.25, -0.2) is 0 Å². The number of nitrogens with zero attached hydrogens (tertiary/aromatic N) is 1. The lowest BCUT2D eigenvalue weighted by molar-refractivity contribution is -0.130. The highest BCUT2D eigenvalue weighted by molar-refractivity contribution is 5.92. The van der Waals surface area contributed by atoms with Crippen LogP contribution in [0.4, 0.5) is 11.4 Å². The summed E-state index contributed by atoms with van der Waals surface area (Å²) in [5, 5.41) is 6.07. The van der Waals surface area contributed by atoms with Crippen LogP contribution in [0.25, 0.3) is 0 Å². The summed E-state index contributed by atoms with van der Waals surface area (Å²) >= 11 is 0. The van der Waals surface area contributed by atoms with Crippen molar-refractivity contribution < 1.29 is 9.59 Å². The van der Waals surface area contributed by atoms with Gasteiger partial charge in [0.2, 0.25) is 11.8 Å². The van der Waals surface area contributed by atoms with Gasteiger partial charge in [0, 0.05) is 30.9 Å². The van der Waals surface area contributed by atoms with Crippen LogP contribution in [0.3, 0.4) is 0 Å². The maximum atomic E-state index is 12.4. The van der Waals surface area contributed by atoms with Crippen molar-refractivity contribution in [2.24, 2.45) is 0 Å². The number of likely N-dealkylation sites (N-methyl/N-ethyl adjacent to an activating group) is 1. The van der Waals surface area contributed by atoms with Gasteiger partial charge < -0.3 is 15.5 Å². The molecule has 0 radical (unpaired) electrons. The Labute approximate surface area is 144 Å². The summed E-state index contributed by atoms with van der Waals surface area (Å²) in [6, 6.07) is 6.15. The van der Waals surface area contributed by atoms with Gasteiger partial charge >= 0.3 is 0 Å². The Morgan fingerprint density at radius 1 is 1.21 bits per heavy atom. The SMILES string of the molecule is CCC(=O)Nc1cc(NCC(=O)N(C)C2CCCCC2)ccc1C. The van der Waals surface area contributed by atoms with E-state index in [4.69, 9.17) is 0 Å². The Hall–Kier alpha value is -2.04. The highest BCUT2D eigenvalue weighted by Crippen LogP contribution is 2.22. The Bertz CT molecular complexity index is 580. The van der Waals surface area contributed by atoms with Crippen LogP contribution < -0.4 is 10.6 Å². The number of anilines is 2. The minimum absolute atomic E-state index is 0.0108. The van der Waals surface area contributed by atoms with Gasteiger partial charge in [0.15, 0.2) is 0 Å². The number of hydrogen-bond acceptors (Lipinski definition) is 3. The molecule has 2 rings (SSSR count). The molecule has 0 aromatic heterocycles. The maximum Gasteiger partial charge on any atom is 0.241 e. The largest absolute Gasteiger partial charge is 0.376 e. The molecule has 5 heteroatoms. The molecule has 1 aromatic rings. The van der Waals surface area contributed by atoms with Crippen LogP contribution in [0.15, 0.2) is 18.2 Å². The second-order valence-corrected chi connectivity index (χ2v) is 6.58. The number of carbonyl (C=O) groups excluding carboxylic acids is 2.